The van der Waals surface area contributed by atoms with Crippen molar-refractivity contribution < 1.29 is 14.3 Å². The van der Waals surface area contributed by atoms with E-state index in [0.29, 0.717) is 19.3 Å². The molecule has 1 fully saturated rings. The van der Waals surface area contributed by atoms with Gasteiger partial charge in [0.25, 0.3) is 0 Å². The number of alkyl halides is 2. The molecule has 0 heterocycles. The summed E-state index contributed by atoms with van der Waals surface area (Å²) in [6.07, 6.45) is 1.68. The maximum atomic E-state index is 12.0. The van der Waals surface area contributed by atoms with Gasteiger partial charge in [-0.05, 0) is 33.6 Å². The normalized spacial score (nSPS) is 30.2. The van der Waals surface area contributed by atoms with Crippen LogP contribution in [0.2, 0.25) is 0 Å². The minimum Gasteiger partial charge on any atom is -0.464 e. The van der Waals surface area contributed by atoms with Gasteiger partial charge in [-0.3, -0.25) is 4.79 Å². The van der Waals surface area contributed by atoms with Crippen molar-refractivity contribution >= 4 is 35.0 Å². The molecule has 3 nitrogen and oxygen atoms in total. The number of rotatable bonds is 3. The first-order valence-corrected chi connectivity index (χ1v) is 6.58. The molecule has 0 N–H and O–H groups in total. The number of halogens is 2. The zero-order valence-corrected chi connectivity index (χ0v) is 11.9. The van der Waals surface area contributed by atoms with E-state index in [1.54, 1.807) is 20.8 Å². The van der Waals surface area contributed by atoms with Crippen molar-refractivity contribution in [3.63, 3.8) is 0 Å². The maximum Gasteiger partial charge on any atom is 0.335 e. The van der Waals surface area contributed by atoms with Crippen LogP contribution < -0.4 is 0 Å². The van der Waals surface area contributed by atoms with E-state index in [0.717, 1.165) is 0 Å². The minimum absolute atomic E-state index is 0.204. The van der Waals surface area contributed by atoms with Crippen molar-refractivity contribution in [2.75, 3.05) is 6.61 Å². The Hall–Kier alpha value is -0.280. The summed E-state index contributed by atoms with van der Waals surface area (Å²) in [6.45, 7) is 5.44. The molecule has 0 radical (unpaired) electrons. The van der Waals surface area contributed by atoms with E-state index in [1.807, 2.05) is 0 Å². The fraction of sp³-hybridized carbons (Fsp3) is 0.833. The SMILES string of the molecule is CCOC(=O)[C@]1(Cl)C(=O)CCC[C@H]1C(C)(C)Cl. The van der Waals surface area contributed by atoms with Gasteiger partial charge in [0.1, 0.15) is 0 Å². The molecule has 1 saturated carbocycles. The van der Waals surface area contributed by atoms with E-state index in [2.05, 4.69) is 0 Å². The summed E-state index contributed by atoms with van der Waals surface area (Å²) >= 11 is 12.6. The van der Waals surface area contributed by atoms with Gasteiger partial charge < -0.3 is 4.74 Å². The van der Waals surface area contributed by atoms with Crippen LogP contribution in [0.1, 0.15) is 40.0 Å². The number of Topliss-reactive ketones (excluding diaryl/α,β-unsaturated/α-hetero) is 1. The van der Waals surface area contributed by atoms with Crippen LogP contribution >= 0.6 is 23.2 Å². The summed E-state index contributed by atoms with van der Waals surface area (Å²) in [5, 5.41) is 0. The Morgan fingerprint density at radius 3 is 2.65 bits per heavy atom. The first-order chi connectivity index (χ1) is 7.74. The van der Waals surface area contributed by atoms with Crippen LogP contribution in [0.25, 0.3) is 0 Å². The maximum absolute atomic E-state index is 12.0. The predicted octanol–water partition coefficient (Wildman–Crippen LogP) is 2.91. The summed E-state index contributed by atoms with van der Waals surface area (Å²) in [5.41, 5.74) is 0. The fourth-order valence-corrected chi connectivity index (χ4v) is 3.21. The lowest BCUT2D eigenvalue weighted by molar-refractivity contribution is -0.153. The molecule has 1 aliphatic carbocycles. The first-order valence-electron chi connectivity index (χ1n) is 5.83. The Morgan fingerprint density at radius 2 is 2.18 bits per heavy atom. The van der Waals surface area contributed by atoms with Crippen LogP contribution in [0.15, 0.2) is 0 Å². The van der Waals surface area contributed by atoms with Crippen molar-refractivity contribution in [1.82, 2.24) is 0 Å². The third-order valence-corrected chi connectivity index (χ3v) is 4.08. The molecule has 2 atom stereocenters. The molecule has 17 heavy (non-hydrogen) atoms. The molecule has 0 unspecified atom stereocenters. The highest BCUT2D eigenvalue weighted by Crippen LogP contribution is 2.46. The molecule has 0 amide bonds. The lowest BCUT2D eigenvalue weighted by atomic mass is 9.71. The number of esters is 1. The van der Waals surface area contributed by atoms with E-state index >= 15 is 0 Å². The molecular formula is C12H18Cl2O3. The van der Waals surface area contributed by atoms with E-state index in [9.17, 15) is 9.59 Å². The van der Waals surface area contributed by atoms with Crippen LogP contribution in [0.3, 0.4) is 0 Å². The highest BCUT2D eigenvalue weighted by Gasteiger charge is 2.57. The van der Waals surface area contributed by atoms with Crippen LogP contribution in [-0.2, 0) is 14.3 Å². The van der Waals surface area contributed by atoms with Gasteiger partial charge in [0.15, 0.2) is 5.78 Å². The third-order valence-electron chi connectivity index (χ3n) is 3.18. The van der Waals surface area contributed by atoms with Crippen molar-refractivity contribution in [2.24, 2.45) is 5.92 Å². The van der Waals surface area contributed by atoms with Crippen molar-refractivity contribution in [3.8, 4) is 0 Å². The van der Waals surface area contributed by atoms with Gasteiger partial charge in [-0.1, -0.05) is 11.6 Å². The molecule has 5 heteroatoms. The van der Waals surface area contributed by atoms with Crippen molar-refractivity contribution in [2.45, 2.75) is 49.8 Å². The van der Waals surface area contributed by atoms with E-state index in [4.69, 9.17) is 27.9 Å². The van der Waals surface area contributed by atoms with Gasteiger partial charge in [0, 0.05) is 17.2 Å². The second-order valence-corrected chi connectivity index (χ2v) is 6.43. The quantitative estimate of drug-likeness (QED) is 0.454. The molecule has 1 rings (SSSR count). The molecule has 0 aromatic carbocycles. The number of hydrogen-bond acceptors (Lipinski definition) is 3. The Labute approximate surface area is 112 Å². The highest BCUT2D eigenvalue weighted by atomic mass is 35.5. The zero-order valence-electron chi connectivity index (χ0n) is 10.4. The standard InChI is InChI=1S/C12H18Cl2O3/c1-4-17-10(16)12(14)8(11(2,3)13)6-5-7-9(12)15/h8H,4-7H2,1-3H3/t8-,12+/m0/s1. The molecule has 1 aliphatic rings. The fourth-order valence-electron chi connectivity index (χ4n) is 2.35. The van der Waals surface area contributed by atoms with Crippen LogP contribution in [0.5, 0.6) is 0 Å². The Bertz CT molecular complexity index is 322. The largest absolute Gasteiger partial charge is 0.464 e. The van der Waals surface area contributed by atoms with E-state index in [1.165, 1.54) is 0 Å². The average molecular weight is 281 g/mol. The van der Waals surface area contributed by atoms with Crippen LogP contribution in [0, 0.1) is 5.92 Å². The summed E-state index contributed by atoms with van der Waals surface area (Å²) < 4.78 is 4.93. The van der Waals surface area contributed by atoms with Crippen molar-refractivity contribution in [3.05, 3.63) is 0 Å². The van der Waals surface area contributed by atoms with Gasteiger partial charge in [-0.2, -0.15) is 0 Å². The second-order valence-electron chi connectivity index (χ2n) is 4.86. The summed E-state index contributed by atoms with van der Waals surface area (Å²) in [5.74, 6) is -1.34. The highest BCUT2D eigenvalue weighted by molar-refractivity contribution is 6.46. The molecule has 98 valence electrons. The topological polar surface area (TPSA) is 43.4 Å². The van der Waals surface area contributed by atoms with Gasteiger partial charge in [-0.15, -0.1) is 11.6 Å². The lowest BCUT2D eigenvalue weighted by Crippen LogP contribution is -2.56. The number of ketones is 1. The summed E-state index contributed by atoms with van der Waals surface area (Å²) in [4.78, 5) is 21.6. The molecule has 0 aromatic heterocycles. The molecule has 0 aromatic rings. The summed E-state index contributed by atoms with van der Waals surface area (Å²) in [6, 6.07) is 0. The van der Waals surface area contributed by atoms with Gasteiger partial charge in [0.2, 0.25) is 4.87 Å². The Balaban J connectivity index is 3.10. The molecular weight excluding hydrogens is 263 g/mol. The molecule has 0 bridgehead atoms. The Kier molecular flexibility index (Phi) is 4.48. The average Bonchev–Trinajstić information content (AvgIpc) is 2.20. The monoisotopic (exact) mass is 280 g/mol. The zero-order chi connectivity index (χ0) is 13.3. The summed E-state index contributed by atoms with van der Waals surface area (Å²) in [7, 11) is 0. The number of carbonyl (C=O) groups is 2. The van der Waals surface area contributed by atoms with Crippen LogP contribution in [-0.4, -0.2) is 28.1 Å². The minimum atomic E-state index is -1.61. The van der Waals surface area contributed by atoms with Crippen molar-refractivity contribution in [1.29, 1.82) is 0 Å². The Morgan fingerprint density at radius 1 is 1.59 bits per heavy atom. The molecule has 0 saturated heterocycles. The first kappa shape index (κ1) is 14.8. The van der Waals surface area contributed by atoms with Gasteiger partial charge in [-0.25, -0.2) is 4.79 Å². The number of hydrogen-bond donors (Lipinski definition) is 0. The number of ether oxygens (including phenoxy) is 1. The van der Waals surface area contributed by atoms with E-state index in [-0.39, 0.29) is 12.4 Å². The molecule has 0 spiro atoms. The number of carbonyl (C=O) groups excluding carboxylic acids is 2. The van der Waals surface area contributed by atoms with Gasteiger partial charge in [0.05, 0.1) is 6.61 Å². The van der Waals surface area contributed by atoms with E-state index < -0.39 is 21.6 Å². The molecule has 0 aliphatic heterocycles. The van der Waals surface area contributed by atoms with Crippen LogP contribution in [0.4, 0.5) is 0 Å². The smallest absolute Gasteiger partial charge is 0.335 e. The second kappa shape index (κ2) is 5.15. The predicted molar refractivity (Wildman–Crippen MR) is 67.5 cm³/mol. The third kappa shape index (κ3) is 2.76. The van der Waals surface area contributed by atoms with Gasteiger partial charge >= 0.3 is 5.97 Å². The lowest BCUT2D eigenvalue weighted by Gasteiger charge is -2.41.